The first kappa shape index (κ1) is 12.3. The third kappa shape index (κ3) is 5.00. The van der Waals surface area contributed by atoms with E-state index in [0.717, 1.165) is 19.6 Å². The van der Waals surface area contributed by atoms with Crippen LogP contribution in [0.2, 0.25) is 0 Å². The lowest BCUT2D eigenvalue weighted by Crippen LogP contribution is -2.17. The molecule has 3 nitrogen and oxygen atoms in total. The maximum atomic E-state index is 5.74. The molecule has 1 aromatic heterocycles. The number of hydrogen-bond donors (Lipinski definition) is 1. The van der Waals surface area contributed by atoms with E-state index in [1.165, 1.54) is 5.56 Å². The molecule has 0 aliphatic heterocycles. The van der Waals surface area contributed by atoms with Crippen molar-refractivity contribution in [1.29, 1.82) is 0 Å². The summed E-state index contributed by atoms with van der Waals surface area (Å²) in [5, 5.41) is 0. The van der Waals surface area contributed by atoms with Gasteiger partial charge >= 0.3 is 0 Å². The fourth-order valence-corrected chi connectivity index (χ4v) is 1.52. The minimum atomic E-state index is 0.229. The molecule has 15 heavy (non-hydrogen) atoms. The van der Waals surface area contributed by atoms with Gasteiger partial charge in [-0.3, -0.25) is 0 Å². The average Bonchev–Trinajstić information content (AvgIpc) is 2.50. The van der Waals surface area contributed by atoms with Crippen LogP contribution in [0.3, 0.4) is 0 Å². The Morgan fingerprint density at radius 1 is 1.40 bits per heavy atom. The number of nitrogens with two attached hydrogens (primary N) is 1. The Balaban J connectivity index is 2.33. The zero-order chi connectivity index (χ0) is 11.3. The molecule has 0 aliphatic rings. The second-order valence-electron chi connectivity index (χ2n) is 4.36. The van der Waals surface area contributed by atoms with Crippen LogP contribution in [-0.4, -0.2) is 23.3 Å². The van der Waals surface area contributed by atoms with Crippen LogP contribution in [0.25, 0.3) is 0 Å². The highest BCUT2D eigenvalue weighted by Gasteiger charge is 2.00. The van der Waals surface area contributed by atoms with E-state index in [0.29, 0.717) is 6.10 Å². The number of ether oxygens (including phenoxy) is 1. The van der Waals surface area contributed by atoms with Crippen LogP contribution < -0.4 is 5.73 Å². The van der Waals surface area contributed by atoms with E-state index in [2.05, 4.69) is 36.9 Å². The summed E-state index contributed by atoms with van der Waals surface area (Å²) in [6.07, 6.45) is 5.48. The molecule has 1 heterocycles. The van der Waals surface area contributed by atoms with Gasteiger partial charge in [0, 0.05) is 25.0 Å². The molecule has 0 aliphatic carbocycles. The fourth-order valence-electron chi connectivity index (χ4n) is 1.52. The first-order valence-electron chi connectivity index (χ1n) is 5.59. The first-order valence-corrected chi connectivity index (χ1v) is 5.59. The molecular weight excluding hydrogens is 188 g/mol. The van der Waals surface area contributed by atoms with Crippen molar-refractivity contribution in [2.45, 2.75) is 45.9 Å². The third-order valence-electron chi connectivity index (χ3n) is 2.17. The summed E-state index contributed by atoms with van der Waals surface area (Å²) < 4.78 is 7.64. The van der Waals surface area contributed by atoms with Crippen molar-refractivity contribution >= 4 is 0 Å². The van der Waals surface area contributed by atoms with Crippen molar-refractivity contribution in [2.24, 2.45) is 5.73 Å². The van der Waals surface area contributed by atoms with Crippen molar-refractivity contribution in [3.8, 4) is 0 Å². The van der Waals surface area contributed by atoms with Crippen molar-refractivity contribution < 1.29 is 4.74 Å². The predicted molar refractivity (Wildman–Crippen MR) is 62.9 cm³/mol. The third-order valence-corrected chi connectivity index (χ3v) is 2.17. The van der Waals surface area contributed by atoms with Gasteiger partial charge in [-0.1, -0.05) is 0 Å². The van der Waals surface area contributed by atoms with E-state index in [-0.39, 0.29) is 6.04 Å². The summed E-state index contributed by atoms with van der Waals surface area (Å²) in [6, 6.07) is 2.35. The molecule has 0 bridgehead atoms. The first-order chi connectivity index (χ1) is 7.08. The monoisotopic (exact) mass is 210 g/mol. The van der Waals surface area contributed by atoms with Crippen molar-refractivity contribution in [1.82, 2.24) is 4.57 Å². The lowest BCUT2D eigenvalue weighted by Gasteiger charge is -2.07. The molecule has 0 radical (unpaired) electrons. The smallest absolute Gasteiger partial charge is 0.0648 e. The Kier molecular flexibility index (Phi) is 4.85. The summed E-state index contributed by atoms with van der Waals surface area (Å²) in [5.74, 6) is 0. The Hall–Kier alpha value is -0.800. The Morgan fingerprint density at radius 3 is 2.73 bits per heavy atom. The van der Waals surface area contributed by atoms with Crippen molar-refractivity contribution in [3.63, 3.8) is 0 Å². The lowest BCUT2D eigenvalue weighted by molar-refractivity contribution is 0.0728. The van der Waals surface area contributed by atoms with E-state index in [9.17, 15) is 0 Å². The molecule has 0 amide bonds. The zero-order valence-electron chi connectivity index (χ0n) is 9.94. The van der Waals surface area contributed by atoms with Crippen LogP contribution in [0, 0.1) is 0 Å². The Labute approximate surface area is 92.2 Å². The maximum absolute atomic E-state index is 5.74. The van der Waals surface area contributed by atoms with Gasteiger partial charge in [-0.25, -0.2) is 0 Å². The number of hydrogen-bond acceptors (Lipinski definition) is 2. The van der Waals surface area contributed by atoms with Gasteiger partial charge in [0.25, 0.3) is 0 Å². The molecule has 0 saturated heterocycles. The van der Waals surface area contributed by atoms with Gasteiger partial charge in [0.1, 0.15) is 0 Å². The fraction of sp³-hybridized carbons (Fsp3) is 0.667. The second kappa shape index (κ2) is 5.93. The standard InChI is InChI=1S/C12H22N2O/c1-10(2)15-7-6-14-5-4-12(9-14)8-11(3)13/h4-5,9-11H,6-8,13H2,1-3H3. The van der Waals surface area contributed by atoms with Gasteiger partial charge in [-0.05, 0) is 38.8 Å². The Bertz CT molecular complexity index is 279. The molecule has 1 aromatic rings. The van der Waals surface area contributed by atoms with Crippen LogP contribution >= 0.6 is 0 Å². The highest BCUT2D eigenvalue weighted by Crippen LogP contribution is 2.04. The van der Waals surface area contributed by atoms with Crippen LogP contribution in [-0.2, 0) is 17.7 Å². The van der Waals surface area contributed by atoms with Gasteiger partial charge in [0.05, 0.1) is 12.7 Å². The Morgan fingerprint density at radius 2 is 2.13 bits per heavy atom. The largest absolute Gasteiger partial charge is 0.377 e. The van der Waals surface area contributed by atoms with Gasteiger partial charge < -0.3 is 15.0 Å². The number of nitrogens with zero attached hydrogens (tertiary/aromatic N) is 1. The van der Waals surface area contributed by atoms with Crippen LogP contribution in [0.15, 0.2) is 18.5 Å². The lowest BCUT2D eigenvalue weighted by atomic mass is 10.1. The quantitative estimate of drug-likeness (QED) is 0.777. The van der Waals surface area contributed by atoms with E-state index >= 15 is 0 Å². The molecule has 3 heteroatoms. The van der Waals surface area contributed by atoms with E-state index in [4.69, 9.17) is 10.5 Å². The molecule has 0 saturated carbocycles. The topological polar surface area (TPSA) is 40.2 Å². The van der Waals surface area contributed by atoms with Crippen molar-refractivity contribution in [3.05, 3.63) is 24.0 Å². The van der Waals surface area contributed by atoms with Crippen LogP contribution in [0.1, 0.15) is 26.3 Å². The summed E-state index contributed by atoms with van der Waals surface area (Å²) in [7, 11) is 0. The summed E-state index contributed by atoms with van der Waals surface area (Å²) in [5.41, 5.74) is 7.04. The molecule has 1 rings (SSSR count). The predicted octanol–water partition coefficient (Wildman–Crippen LogP) is 1.80. The molecule has 0 fully saturated rings. The van der Waals surface area contributed by atoms with Gasteiger partial charge in [-0.2, -0.15) is 0 Å². The highest BCUT2D eigenvalue weighted by atomic mass is 16.5. The van der Waals surface area contributed by atoms with Gasteiger partial charge in [0.2, 0.25) is 0 Å². The van der Waals surface area contributed by atoms with Crippen molar-refractivity contribution in [2.75, 3.05) is 6.61 Å². The summed E-state index contributed by atoms with van der Waals surface area (Å²) >= 11 is 0. The SMILES string of the molecule is CC(N)Cc1ccn(CCOC(C)C)c1. The zero-order valence-corrected chi connectivity index (χ0v) is 9.94. The van der Waals surface area contributed by atoms with E-state index in [1.807, 2.05) is 6.92 Å². The molecule has 0 spiro atoms. The summed E-state index contributed by atoms with van der Waals surface area (Å²) in [6.45, 7) is 7.81. The minimum Gasteiger partial charge on any atom is -0.377 e. The maximum Gasteiger partial charge on any atom is 0.0648 e. The van der Waals surface area contributed by atoms with Crippen LogP contribution in [0.5, 0.6) is 0 Å². The number of rotatable bonds is 6. The molecule has 86 valence electrons. The normalized spacial score (nSPS) is 13.4. The van der Waals surface area contributed by atoms with Crippen LogP contribution in [0.4, 0.5) is 0 Å². The molecule has 0 aromatic carbocycles. The minimum absolute atomic E-state index is 0.229. The van der Waals surface area contributed by atoms with E-state index in [1.54, 1.807) is 0 Å². The highest BCUT2D eigenvalue weighted by molar-refractivity contribution is 5.11. The summed E-state index contributed by atoms with van der Waals surface area (Å²) in [4.78, 5) is 0. The molecule has 1 unspecified atom stereocenters. The average molecular weight is 210 g/mol. The second-order valence-corrected chi connectivity index (χ2v) is 4.36. The molecule has 2 N–H and O–H groups in total. The molecular formula is C12H22N2O. The van der Waals surface area contributed by atoms with Gasteiger partial charge in [0.15, 0.2) is 0 Å². The van der Waals surface area contributed by atoms with Gasteiger partial charge in [-0.15, -0.1) is 0 Å². The number of aromatic nitrogens is 1. The molecule has 1 atom stereocenters. The van der Waals surface area contributed by atoms with E-state index < -0.39 is 0 Å².